The van der Waals surface area contributed by atoms with Crippen LogP contribution in [-0.2, 0) is 25.7 Å². The van der Waals surface area contributed by atoms with Crippen LogP contribution in [0.4, 0.5) is 5.69 Å². The fourth-order valence-electron chi connectivity index (χ4n) is 8.67. The van der Waals surface area contributed by atoms with Crippen molar-refractivity contribution in [3.05, 3.63) is 94.0 Å². The van der Waals surface area contributed by atoms with E-state index in [-0.39, 0.29) is 60.9 Å². The van der Waals surface area contributed by atoms with Gasteiger partial charge < -0.3 is 40.7 Å². The summed E-state index contributed by atoms with van der Waals surface area (Å²) in [5, 5.41) is 41.1. The lowest BCUT2D eigenvalue weighted by Gasteiger charge is -2.63. The van der Waals surface area contributed by atoms with Crippen LogP contribution in [-0.4, -0.2) is 90.3 Å². The molecule has 14 nitrogen and oxygen atoms in total. The molecule has 2 aliphatic rings. The van der Waals surface area contributed by atoms with Crippen LogP contribution in [0.5, 0.6) is 5.75 Å². The highest BCUT2D eigenvalue weighted by Gasteiger charge is 2.64. The molecule has 5 N–H and O–H groups in total. The van der Waals surface area contributed by atoms with Gasteiger partial charge in [0.2, 0.25) is 17.7 Å². The zero-order valence-corrected chi connectivity index (χ0v) is 37.1. The summed E-state index contributed by atoms with van der Waals surface area (Å²) in [6.45, 7) is 12.9. The molecular formula is C47H58ClN7O7. The summed E-state index contributed by atoms with van der Waals surface area (Å²) in [5.74, 6) is -1.16. The van der Waals surface area contributed by atoms with E-state index >= 15 is 0 Å². The number of nitrogens with one attached hydrogen (secondary N) is 4. The van der Waals surface area contributed by atoms with Crippen molar-refractivity contribution in [3.63, 3.8) is 0 Å². The fourth-order valence-corrected chi connectivity index (χ4v) is 8.88. The van der Waals surface area contributed by atoms with Gasteiger partial charge in [0.15, 0.2) is 0 Å². The van der Waals surface area contributed by atoms with E-state index in [1.54, 1.807) is 68.4 Å². The standard InChI is InChI=1S/C47H58ClN7O7/c1-29(2)40(43(60)55-27-35(56)22-38(55)42(59)52-26-31-12-10-30(24-49)11-13-31)53-39(57)28-61-21-9-7-8-20-51-34-17-14-32(15-18-34)41(58)54-44-46(3,4)45(47(44,5)6)62-36-19-16-33(25-50)37(48)23-36/h10-19,23,29,35,38,40,44-45,51,56H,7-9,20-22,26-28H2,1-6H3,(H,52,59)(H,53,57)(H,54,58)/t35-,38+,40+,44?,45?/m1/s1. The molecule has 0 unspecified atom stereocenters. The average molecular weight is 868 g/mol. The molecule has 0 bridgehead atoms. The smallest absolute Gasteiger partial charge is 0.251 e. The van der Waals surface area contributed by atoms with Gasteiger partial charge in [-0.3, -0.25) is 19.2 Å². The van der Waals surface area contributed by atoms with Gasteiger partial charge in [-0.2, -0.15) is 10.5 Å². The van der Waals surface area contributed by atoms with Gasteiger partial charge in [-0.25, -0.2) is 0 Å². The number of ether oxygens (including phenoxy) is 2. The highest BCUT2D eigenvalue weighted by Crippen LogP contribution is 2.55. The molecule has 4 amide bonds. The van der Waals surface area contributed by atoms with Crippen LogP contribution in [0.15, 0.2) is 66.7 Å². The Labute approximate surface area is 369 Å². The molecule has 62 heavy (non-hydrogen) atoms. The van der Waals surface area contributed by atoms with E-state index in [4.69, 9.17) is 26.3 Å². The van der Waals surface area contributed by atoms with Crippen LogP contribution in [0.1, 0.15) is 94.3 Å². The van der Waals surface area contributed by atoms with Crippen LogP contribution in [0.25, 0.3) is 0 Å². The Kier molecular flexibility index (Phi) is 16.0. The highest BCUT2D eigenvalue weighted by atomic mass is 35.5. The van der Waals surface area contributed by atoms with Gasteiger partial charge in [0, 0.05) is 66.9 Å². The quantitative estimate of drug-likeness (QED) is 0.0928. The van der Waals surface area contributed by atoms with Gasteiger partial charge in [-0.15, -0.1) is 0 Å². The summed E-state index contributed by atoms with van der Waals surface area (Å²) in [6.07, 6.45) is 1.45. The summed E-state index contributed by atoms with van der Waals surface area (Å²) in [4.78, 5) is 54.3. The lowest BCUT2D eigenvalue weighted by Crippen LogP contribution is -2.74. The molecule has 5 rings (SSSR count). The molecule has 0 spiro atoms. The number of carbonyl (C=O) groups excluding carboxylic acids is 4. The number of hydrogen-bond donors (Lipinski definition) is 5. The second kappa shape index (κ2) is 20.9. The topological polar surface area (TPSA) is 206 Å². The molecule has 1 heterocycles. The normalized spacial score (nSPS) is 20.2. The Hall–Kier alpha value is -5.67. The summed E-state index contributed by atoms with van der Waals surface area (Å²) in [6, 6.07) is 21.3. The molecule has 1 saturated carbocycles. The van der Waals surface area contributed by atoms with Crippen molar-refractivity contribution >= 4 is 40.9 Å². The number of β-amino-alcohol motifs (C(OH)–C–C–N with tert-alkyl or cyclic N) is 1. The third-order valence-electron chi connectivity index (χ3n) is 11.8. The zero-order valence-electron chi connectivity index (χ0n) is 36.3. The summed E-state index contributed by atoms with van der Waals surface area (Å²) in [5.41, 5.74) is 2.37. The maximum Gasteiger partial charge on any atom is 0.251 e. The van der Waals surface area contributed by atoms with Crippen molar-refractivity contribution in [2.45, 2.75) is 104 Å². The summed E-state index contributed by atoms with van der Waals surface area (Å²) >= 11 is 6.23. The van der Waals surface area contributed by atoms with Gasteiger partial charge in [-0.1, -0.05) is 65.3 Å². The molecule has 330 valence electrons. The van der Waals surface area contributed by atoms with Gasteiger partial charge in [0.1, 0.15) is 36.6 Å². The number of aliphatic hydroxyl groups excluding tert-OH is 1. The molecule has 15 heteroatoms. The number of halogens is 1. The van der Waals surface area contributed by atoms with Crippen molar-refractivity contribution in [2.75, 3.05) is 31.6 Å². The van der Waals surface area contributed by atoms with E-state index in [1.807, 2.05) is 12.1 Å². The van der Waals surface area contributed by atoms with Gasteiger partial charge in [0.05, 0.1) is 28.3 Å². The fraction of sp³-hybridized carbons (Fsp3) is 0.489. The van der Waals surface area contributed by atoms with E-state index in [2.05, 4.69) is 61.1 Å². The highest BCUT2D eigenvalue weighted by molar-refractivity contribution is 6.31. The average Bonchev–Trinajstić information content (AvgIpc) is 3.65. The number of rotatable bonds is 19. The number of nitrogens with zero attached hydrogens (tertiary/aromatic N) is 3. The van der Waals surface area contributed by atoms with Crippen molar-refractivity contribution in [3.8, 4) is 17.9 Å². The number of benzene rings is 3. The Bertz CT molecular complexity index is 2130. The van der Waals surface area contributed by atoms with Crippen molar-refractivity contribution in [2.24, 2.45) is 16.7 Å². The summed E-state index contributed by atoms with van der Waals surface area (Å²) < 4.78 is 12.0. The molecule has 0 aromatic heterocycles. The Morgan fingerprint density at radius 2 is 1.63 bits per heavy atom. The van der Waals surface area contributed by atoms with E-state index in [9.17, 15) is 29.5 Å². The van der Waals surface area contributed by atoms with E-state index in [0.29, 0.717) is 40.6 Å². The molecule has 0 radical (unpaired) electrons. The molecule has 1 aliphatic carbocycles. The number of amides is 4. The van der Waals surface area contributed by atoms with E-state index < -0.39 is 35.9 Å². The van der Waals surface area contributed by atoms with Crippen LogP contribution in [0, 0.1) is 39.4 Å². The van der Waals surface area contributed by atoms with Gasteiger partial charge >= 0.3 is 0 Å². The second-order valence-electron chi connectivity index (χ2n) is 17.6. The predicted molar refractivity (Wildman–Crippen MR) is 235 cm³/mol. The Balaban J connectivity index is 0.976. The minimum absolute atomic E-state index is 0.0172. The molecule has 2 fully saturated rings. The number of nitriles is 2. The third-order valence-corrected chi connectivity index (χ3v) is 12.1. The Morgan fingerprint density at radius 3 is 2.26 bits per heavy atom. The monoisotopic (exact) mass is 867 g/mol. The second-order valence-corrected chi connectivity index (χ2v) is 18.0. The molecule has 3 atom stereocenters. The number of hydrogen-bond acceptors (Lipinski definition) is 10. The molecule has 3 aromatic carbocycles. The number of anilines is 1. The minimum atomic E-state index is -0.905. The molecular weight excluding hydrogens is 810 g/mol. The lowest BCUT2D eigenvalue weighted by molar-refractivity contribution is -0.164. The van der Waals surface area contributed by atoms with Gasteiger partial charge in [0.25, 0.3) is 5.91 Å². The Morgan fingerprint density at radius 1 is 0.935 bits per heavy atom. The first-order valence-electron chi connectivity index (χ1n) is 21.1. The number of carbonyl (C=O) groups is 4. The molecule has 1 saturated heterocycles. The van der Waals surface area contributed by atoms with Crippen LogP contribution >= 0.6 is 11.6 Å². The van der Waals surface area contributed by atoms with Crippen molar-refractivity contribution < 1.29 is 33.8 Å². The third kappa shape index (κ3) is 11.6. The van der Waals surface area contributed by atoms with Crippen LogP contribution in [0.2, 0.25) is 5.02 Å². The maximum absolute atomic E-state index is 13.6. The van der Waals surface area contributed by atoms with Crippen LogP contribution < -0.4 is 26.0 Å². The molecule has 1 aliphatic heterocycles. The lowest BCUT2D eigenvalue weighted by atomic mass is 9.49. The number of likely N-dealkylation sites (tertiary alicyclic amines) is 1. The maximum atomic E-state index is 13.6. The zero-order chi connectivity index (χ0) is 45.2. The number of aliphatic hydroxyl groups is 1. The first kappa shape index (κ1) is 47.4. The van der Waals surface area contributed by atoms with Crippen LogP contribution in [0.3, 0.4) is 0 Å². The minimum Gasteiger partial charge on any atom is -0.489 e. The van der Waals surface area contributed by atoms with Crippen molar-refractivity contribution in [1.82, 2.24) is 20.9 Å². The number of unbranched alkanes of at least 4 members (excludes halogenated alkanes) is 2. The van der Waals surface area contributed by atoms with Gasteiger partial charge in [-0.05, 0) is 79.3 Å². The summed E-state index contributed by atoms with van der Waals surface area (Å²) in [7, 11) is 0. The predicted octanol–water partition coefficient (Wildman–Crippen LogP) is 5.71. The molecule has 3 aromatic rings. The largest absolute Gasteiger partial charge is 0.489 e. The SMILES string of the molecule is CC(C)[C@H](NC(=O)COCCCCCNc1ccc(C(=O)NC2C(C)(C)C(Oc3ccc(C#N)c(Cl)c3)C2(C)C)cc1)C(=O)N1C[C@H](O)C[C@H]1C(=O)NCc1ccc(C#N)cc1. The first-order valence-corrected chi connectivity index (χ1v) is 21.5. The van der Waals surface area contributed by atoms with E-state index in [1.165, 1.54) is 4.90 Å². The first-order chi connectivity index (χ1) is 29.5. The van der Waals surface area contributed by atoms with Crippen molar-refractivity contribution in [1.29, 1.82) is 10.5 Å². The van der Waals surface area contributed by atoms with E-state index in [0.717, 1.165) is 30.5 Å².